The zero-order valence-corrected chi connectivity index (χ0v) is 13.6. The molecule has 0 aliphatic heterocycles. The van der Waals surface area contributed by atoms with E-state index in [1.54, 1.807) is 23.7 Å². The van der Waals surface area contributed by atoms with Gasteiger partial charge in [-0.1, -0.05) is 29.5 Å². The minimum absolute atomic E-state index is 0.0133. The number of imidazole rings is 1. The lowest BCUT2D eigenvalue weighted by atomic mass is 10.2. The van der Waals surface area contributed by atoms with Gasteiger partial charge in [-0.25, -0.2) is 0 Å². The van der Waals surface area contributed by atoms with E-state index in [1.165, 1.54) is 15.7 Å². The average Bonchev–Trinajstić information content (AvgIpc) is 3.18. The van der Waals surface area contributed by atoms with Crippen LogP contribution in [0.2, 0.25) is 0 Å². The Morgan fingerprint density at radius 3 is 2.52 bits per heavy atom. The minimum Gasteiger partial charge on any atom is -0.433 e. The highest BCUT2D eigenvalue weighted by Gasteiger charge is 2.25. The van der Waals surface area contributed by atoms with Gasteiger partial charge in [-0.3, -0.25) is 0 Å². The number of fused-ring (bicyclic) bond motifs is 1. The van der Waals surface area contributed by atoms with Gasteiger partial charge in [0.2, 0.25) is 0 Å². The highest BCUT2D eigenvalue weighted by Crippen LogP contribution is 2.33. The average molecular weight is 352 g/mol. The SMILES string of the molecule is O=[N+]([O-])c1c(Oc2ccc(Nc3ccccc3)cc2)nc2sccn12. The summed E-state index contributed by atoms with van der Waals surface area (Å²) in [7, 11) is 0. The van der Waals surface area contributed by atoms with Crippen LogP contribution in [0.1, 0.15) is 0 Å². The molecule has 0 unspecified atom stereocenters. The van der Waals surface area contributed by atoms with E-state index in [-0.39, 0.29) is 11.7 Å². The van der Waals surface area contributed by atoms with Crippen molar-refractivity contribution in [3.8, 4) is 11.6 Å². The van der Waals surface area contributed by atoms with E-state index in [4.69, 9.17) is 4.74 Å². The van der Waals surface area contributed by atoms with Crippen molar-refractivity contribution in [1.82, 2.24) is 9.38 Å². The molecule has 1 N–H and O–H groups in total. The predicted octanol–water partition coefficient (Wildman–Crippen LogP) is 4.84. The van der Waals surface area contributed by atoms with Gasteiger partial charge in [0.05, 0.1) is 0 Å². The van der Waals surface area contributed by atoms with Crippen molar-refractivity contribution in [2.24, 2.45) is 0 Å². The van der Waals surface area contributed by atoms with Crippen molar-refractivity contribution >= 4 is 33.5 Å². The van der Waals surface area contributed by atoms with Gasteiger partial charge in [0.25, 0.3) is 4.96 Å². The molecule has 4 rings (SSSR count). The van der Waals surface area contributed by atoms with E-state index in [2.05, 4.69) is 10.3 Å². The normalized spacial score (nSPS) is 10.7. The third-order valence-corrected chi connectivity index (χ3v) is 4.27. The van der Waals surface area contributed by atoms with Crippen molar-refractivity contribution in [2.75, 3.05) is 5.32 Å². The number of para-hydroxylation sites is 1. The second-order valence-corrected chi connectivity index (χ2v) is 6.04. The number of benzene rings is 2. The topological polar surface area (TPSA) is 81.7 Å². The quantitative estimate of drug-likeness (QED) is 0.410. The Labute approximate surface area is 146 Å². The first-order valence-corrected chi connectivity index (χ1v) is 8.28. The monoisotopic (exact) mass is 352 g/mol. The molecule has 0 saturated heterocycles. The number of thiazole rings is 1. The molecule has 0 aliphatic carbocycles. The van der Waals surface area contributed by atoms with Crippen molar-refractivity contribution in [3.63, 3.8) is 0 Å². The molecule has 2 aromatic heterocycles. The van der Waals surface area contributed by atoms with Crippen LogP contribution in [0.15, 0.2) is 66.2 Å². The Balaban J connectivity index is 1.56. The third-order valence-electron chi connectivity index (χ3n) is 3.51. The van der Waals surface area contributed by atoms with Gasteiger partial charge in [-0.15, -0.1) is 0 Å². The molecule has 0 spiro atoms. The van der Waals surface area contributed by atoms with Crippen LogP contribution in [0.3, 0.4) is 0 Å². The summed E-state index contributed by atoms with van der Waals surface area (Å²) in [4.78, 5) is 15.5. The van der Waals surface area contributed by atoms with Crippen molar-refractivity contribution in [2.45, 2.75) is 0 Å². The standard InChI is InChI=1S/C17H12N4O3S/c22-21(23)16-15(19-17-20(16)10-11-25-17)24-14-8-6-13(7-9-14)18-12-4-2-1-3-5-12/h1-11,18H. The number of rotatable bonds is 5. The van der Waals surface area contributed by atoms with Gasteiger partial charge in [-0.2, -0.15) is 9.38 Å². The lowest BCUT2D eigenvalue weighted by molar-refractivity contribution is -0.391. The van der Waals surface area contributed by atoms with E-state index >= 15 is 0 Å². The van der Waals surface area contributed by atoms with Crippen molar-refractivity contribution in [3.05, 3.63) is 76.3 Å². The molecule has 124 valence electrons. The van der Waals surface area contributed by atoms with Crippen LogP contribution in [0.5, 0.6) is 11.6 Å². The molecule has 2 aromatic carbocycles. The minimum atomic E-state index is -0.493. The van der Waals surface area contributed by atoms with Crippen LogP contribution in [-0.2, 0) is 0 Å². The molecular formula is C17H12N4O3S. The molecular weight excluding hydrogens is 340 g/mol. The zero-order chi connectivity index (χ0) is 17.2. The highest BCUT2D eigenvalue weighted by atomic mass is 32.1. The Morgan fingerprint density at radius 2 is 1.80 bits per heavy atom. The molecule has 0 atom stereocenters. The Kier molecular flexibility index (Phi) is 3.79. The van der Waals surface area contributed by atoms with E-state index in [0.29, 0.717) is 10.7 Å². The van der Waals surface area contributed by atoms with Gasteiger partial charge in [0, 0.05) is 16.8 Å². The summed E-state index contributed by atoms with van der Waals surface area (Å²) in [6.07, 6.45) is 1.60. The number of ether oxygens (including phenoxy) is 1. The maximum absolute atomic E-state index is 11.3. The Bertz CT molecular complexity index is 1030. The second kappa shape index (κ2) is 6.25. The van der Waals surface area contributed by atoms with Crippen LogP contribution >= 0.6 is 11.3 Å². The molecule has 0 aliphatic rings. The lowest BCUT2D eigenvalue weighted by Crippen LogP contribution is -1.95. The third kappa shape index (κ3) is 3.02. The summed E-state index contributed by atoms with van der Waals surface area (Å²) >= 11 is 1.31. The summed E-state index contributed by atoms with van der Waals surface area (Å²) in [5.41, 5.74) is 1.86. The fourth-order valence-electron chi connectivity index (χ4n) is 2.39. The van der Waals surface area contributed by atoms with Crippen LogP contribution < -0.4 is 10.1 Å². The van der Waals surface area contributed by atoms with Gasteiger partial charge >= 0.3 is 11.7 Å². The lowest BCUT2D eigenvalue weighted by Gasteiger charge is -2.07. The van der Waals surface area contributed by atoms with Crippen LogP contribution in [0.4, 0.5) is 17.2 Å². The van der Waals surface area contributed by atoms with Crippen molar-refractivity contribution < 1.29 is 9.66 Å². The summed E-state index contributed by atoms with van der Waals surface area (Å²) in [5, 5.41) is 16.3. The van der Waals surface area contributed by atoms with Crippen LogP contribution in [-0.4, -0.2) is 14.3 Å². The van der Waals surface area contributed by atoms with Crippen LogP contribution in [0, 0.1) is 10.1 Å². The largest absolute Gasteiger partial charge is 0.433 e. The summed E-state index contributed by atoms with van der Waals surface area (Å²) in [6, 6.07) is 16.9. The molecule has 8 heteroatoms. The summed E-state index contributed by atoms with van der Waals surface area (Å²) < 4.78 is 7.03. The Morgan fingerprint density at radius 1 is 1.08 bits per heavy atom. The van der Waals surface area contributed by atoms with Gasteiger partial charge in [-0.05, 0) is 41.3 Å². The molecule has 0 radical (unpaired) electrons. The predicted molar refractivity (Wildman–Crippen MR) is 96.0 cm³/mol. The zero-order valence-electron chi connectivity index (χ0n) is 12.8. The van der Waals surface area contributed by atoms with Gasteiger partial charge < -0.3 is 20.2 Å². The molecule has 0 saturated carbocycles. The number of hydrogen-bond donors (Lipinski definition) is 1. The van der Waals surface area contributed by atoms with E-state index in [0.717, 1.165) is 11.4 Å². The maximum atomic E-state index is 11.3. The fourth-order valence-corrected chi connectivity index (χ4v) is 3.10. The maximum Gasteiger partial charge on any atom is 0.393 e. The van der Waals surface area contributed by atoms with Gasteiger partial charge in [0.15, 0.2) is 0 Å². The number of hydrogen-bond acceptors (Lipinski definition) is 6. The molecule has 0 fully saturated rings. The molecule has 2 heterocycles. The molecule has 0 amide bonds. The highest BCUT2D eigenvalue weighted by molar-refractivity contribution is 7.15. The number of nitrogens with zero attached hydrogens (tertiary/aromatic N) is 3. The van der Waals surface area contributed by atoms with Gasteiger partial charge in [0.1, 0.15) is 11.9 Å². The van der Waals surface area contributed by atoms with E-state index < -0.39 is 4.92 Å². The second-order valence-electron chi connectivity index (χ2n) is 5.17. The van der Waals surface area contributed by atoms with Crippen molar-refractivity contribution in [1.29, 1.82) is 0 Å². The number of anilines is 2. The molecule has 4 aromatic rings. The first-order valence-electron chi connectivity index (χ1n) is 7.40. The fraction of sp³-hybridized carbons (Fsp3) is 0. The van der Waals surface area contributed by atoms with E-state index in [9.17, 15) is 10.1 Å². The molecule has 0 bridgehead atoms. The summed E-state index contributed by atoms with van der Waals surface area (Å²) in [5.74, 6) is 0.288. The van der Waals surface area contributed by atoms with Crippen LogP contribution in [0.25, 0.3) is 4.96 Å². The number of aromatic nitrogens is 2. The summed E-state index contributed by atoms with van der Waals surface area (Å²) in [6.45, 7) is 0. The molecule has 25 heavy (non-hydrogen) atoms. The first-order chi connectivity index (χ1) is 12.2. The number of nitro groups is 1. The first kappa shape index (κ1) is 15.2. The Hall–Kier alpha value is -3.39. The number of nitrogens with one attached hydrogen (secondary N) is 1. The molecule has 7 nitrogen and oxygen atoms in total. The smallest absolute Gasteiger partial charge is 0.393 e. The van der Waals surface area contributed by atoms with E-state index in [1.807, 2.05) is 42.5 Å².